The second kappa shape index (κ2) is 5.30. The molecule has 0 bridgehead atoms. The first-order valence-corrected chi connectivity index (χ1v) is 8.76. The molecule has 19 heavy (non-hydrogen) atoms. The fraction of sp³-hybridized carbons (Fsp3) is 0.353. The molecule has 0 aliphatic carbocycles. The van der Waals surface area contributed by atoms with E-state index in [9.17, 15) is 0 Å². The average Bonchev–Trinajstić information content (AvgIpc) is 2.51. The molecule has 1 aromatic heterocycles. The molecule has 0 saturated heterocycles. The van der Waals surface area contributed by atoms with Crippen LogP contribution in [0.2, 0.25) is 19.5 Å². The first kappa shape index (κ1) is 7.39. The molecule has 0 spiro atoms. The van der Waals surface area contributed by atoms with E-state index in [1.54, 1.807) is 19.9 Å². The molecule has 0 aliphatic heterocycles. The molecule has 0 unspecified atom stereocenters. The zero-order chi connectivity index (χ0) is 20.0. The van der Waals surface area contributed by atoms with E-state index >= 15 is 0 Å². The maximum absolute atomic E-state index is 8.49. The van der Waals surface area contributed by atoms with Gasteiger partial charge in [-0.05, 0) is 22.7 Å². The molecule has 1 aromatic carbocycles. The van der Waals surface area contributed by atoms with Crippen molar-refractivity contribution in [2.75, 3.05) is 0 Å². The number of aromatic nitrogens is 1. The van der Waals surface area contributed by atoms with Crippen molar-refractivity contribution in [2.24, 2.45) is 0 Å². The van der Waals surface area contributed by atoms with Crippen molar-refractivity contribution in [3.05, 3.63) is 48.2 Å². The molecule has 0 saturated carbocycles. The van der Waals surface area contributed by atoms with E-state index in [0.717, 1.165) is 5.56 Å². The van der Waals surface area contributed by atoms with Crippen molar-refractivity contribution in [2.45, 2.75) is 39.2 Å². The van der Waals surface area contributed by atoms with E-state index in [1.807, 2.05) is 30.3 Å². The zero-order valence-corrected chi connectivity index (χ0v) is 12.5. The van der Waals surface area contributed by atoms with Crippen LogP contribution in [0.5, 0.6) is 0 Å². The van der Waals surface area contributed by atoms with Crippen molar-refractivity contribution >= 4 is 13.3 Å². The normalized spacial score (nSPS) is 19.2. The molecule has 2 rings (SSSR count). The first-order chi connectivity index (χ1) is 11.7. The summed E-state index contributed by atoms with van der Waals surface area (Å²) in [6, 6.07) is 11.0. The Kier molecular flexibility index (Phi) is 2.06. The third-order valence-electron chi connectivity index (χ3n) is 3.05. The monoisotopic (exact) mass is 276 g/mol. The van der Waals surface area contributed by atoms with Gasteiger partial charge < -0.3 is 0 Å². The summed E-state index contributed by atoms with van der Waals surface area (Å²) in [5.74, 6) is -1.16. The number of rotatable bonds is 3. The van der Waals surface area contributed by atoms with Gasteiger partial charge in [0.1, 0.15) is 0 Å². The molecule has 0 amide bonds. The van der Waals surface area contributed by atoms with E-state index in [1.165, 1.54) is 12.7 Å². The largest absolute Gasteiger partial charge is 0.256 e. The fourth-order valence-corrected chi connectivity index (χ4v) is 3.22. The minimum Gasteiger partial charge on any atom is -0.256 e. The van der Waals surface area contributed by atoms with Gasteiger partial charge in [-0.25, -0.2) is 0 Å². The topological polar surface area (TPSA) is 12.9 Å². The van der Waals surface area contributed by atoms with Gasteiger partial charge in [-0.3, -0.25) is 4.98 Å². The third kappa shape index (κ3) is 3.13. The Morgan fingerprint density at radius 2 is 1.89 bits per heavy atom. The molecule has 100 valence electrons. The summed E-state index contributed by atoms with van der Waals surface area (Å²) in [6.45, 7) is -0.674. The van der Waals surface area contributed by atoms with Crippen LogP contribution in [0.25, 0.3) is 11.3 Å². The predicted octanol–water partition coefficient (Wildman–Crippen LogP) is 4.42. The molecular weight excluding hydrogens is 246 g/mol. The third-order valence-corrected chi connectivity index (χ3v) is 4.53. The van der Waals surface area contributed by atoms with E-state index in [2.05, 4.69) is 4.98 Å². The summed E-state index contributed by atoms with van der Waals surface area (Å²) in [5, 5.41) is 0.206. The van der Waals surface area contributed by atoms with Gasteiger partial charge in [-0.15, -0.1) is 0 Å². The highest BCUT2D eigenvalue weighted by molar-refractivity contribution is 6.89. The summed E-state index contributed by atoms with van der Waals surface area (Å²) >= 11 is 0. The van der Waals surface area contributed by atoms with Crippen molar-refractivity contribution in [1.29, 1.82) is 0 Å². The van der Waals surface area contributed by atoms with Crippen LogP contribution in [-0.2, 0) is 0 Å². The maximum Gasteiger partial charge on any atom is 0.0799 e. The number of pyridine rings is 1. The SMILES string of the molecule is [2H]C(C)(C)c1cc(-c2ccccc2)ncc1[Si](C)(C([2H])([2H])[2H])C([2H])([2H])[2H]. The molecule has 1 heterocycles. The summed E-state index contributed by atoms with van der Waals surface area (Å²) in [6.07, 6.45) is 1.37. The van der Waals surface area contributed by atoms with Gasteiger partial charge in [0.05, 0.1) is 13.8 Å². The van der Waals surface area contributed by atoms with Gasteiger partial charge in [0.15, 0.2) is 0 Å². The lowest BCUT2D eigenvalue weighted by atomic mass is 10.0. The Hall–Kier alpha value is -1.41. The predicted molar refractivity (Wildman–Crippen MR) is 86.7 cm³/mol. The van der Waals surface area contributed by atoms with E-state index in [4.69, 9.17) is 9.60 Å². The number of nitrogens with zero attached hydrogens (tertiary/aromatic N) is 1. The Balaban J connectivity index is 2.81. The molecule has 2 heteroatoms. The van der Waals surface area contributed by atoms with Crippen LogP contribution in [0.3, 0.4) is 0 Å². The maximum atomic E-state index is 8.49. The Morgan fingerprint density at radius 3 is 2.47 bits per heavy atom. The molecule has 0 N–H and O–H groups in total. The van der Waals surface area contributed by atoms with Crippen LogP contribution in [0.4, 0.5) is 0 Å². The van der Waals surface area contributed by atoms with Crippen LogP contribution >= 0.6 is 0 Å². The second-order valence-electron chi connectivity index (χ2n) is 5.11. The molecule has 2 aromatic rings. The zero-order valence-electron chi connectivity index (χ0n) is 18.5. The van der Waals surface area contributed by atoms with Crippen LogP contribution in [0.15, 0.2) is 42.6 Å². The van der Waals surface area contributed by atoms with Crippen molar-refractivity contribution in [3.63, 3.8) is 0 Å². The summed E-state index contributed by atoms with van der Waals surface area (Å²) in [7, 11) is -3.99. The van der Waals surface area contributed by atoms with Gasteiger partial charge in [0, 0.05) is 21.4 Å². The fourth-order valence-electron chi connectivity index (χ4n) is 2.03. The highest BCUT2D eigenvalue weighted by Crippen LogP contribution is 2.22. The number of hydrogen-bond donors (Lipinski definition) is 0. The lowest BCUT2D eigenvalue weighted by molar-refractivity contribution is 0.870. The second-order valence-corrected chi connectivity index (χ2v) is 7.89. The van der Waals surface area contributed by atoms with Crippen molar-refractivity contribution in [3.8, 4) is 11.3 Å². The van der Waals surface area contributed by atoms with Crippen LogP contribution in [0.1, 0.15) is 34.9 Å². The molecule has 0 radical (unpaired) electrons. The molecule has 0 fully saturated rings. The molecular formula is C17H23NSi. The number of benzene rings is 1. The van der Waals surface area contributed by atoms with E-state index < -0.39 is 26.9 Å². The molecule has 0 atom stereocenters. The minimum absolute atomic E-state index is 0.206. The van der Waals surface area contributed by atoms with Gasteiger partial charge in [-0.2, -0.15) is 0 Å². The van der Waals surface area contributed by atoms with Gasteiger partial charge in [0.25, 0.3) is 0 Å². The van der Waals surface area contributed by atoms with Gasteiger partial charge >= 0.3 is 0 Å². The highest BCUT2D eigenvalue weighted by atomic mass is 28.3. The smallest absolute Gasteiger partial charge is 0.0799 e. The summed E-state index contributed by atoms with van der Waals surface area (Å²) < 4.78 is 56.2. The standard InChI is InChI=1S/C17H23NSi/c1-13(2)15-11-16(14-9-7-6-8-10-14)18-12-17(15)19(3,4)5/h6-13H,1-5H3/i3D3,4D3,13D. The van der Waals surface area contributed by atoms with Gasteiger partial charge in [-0.1, -0.05) is 63.7 Å². The lowest BCUT2D eigenvalue weighted by Gasteiger charge is -2.23. The van der Waals surface area contributed by atoms with Crippen LogP contribution < -0.4 is 5.19 Å². The highest BCUT2D eigenvalue weighted by Gasteiger charge is 2.22. The Labute approximate surface area is 127 Å². The summed E-state index contributed by atoms with van der Waals surface area (Å²) in [5.41, 5.74) is 1.83. The Bertz CT molecular complexity index is 762. The van der Waals surface area contributed by atoms with Crippen molar-refractivity contribution in [1.82, 2.24) is 4.98 Å². The van der Waals surface area contributed by atoms with E-state index in [0.29, 0.717) is 11.3 Å². The molecule has 0 aliphatic rings. The lowest BCUT2D eigenvalue weighted by Crippen LogP contribution is -2.40. The van der Waals surface area contributed by atoms with Gasteiger partial charge in [0.2, 0.25) is 0 Å². The minimum atomic E-state index is -3.99. The Morgan fingerprint density at radius 1 is 1.21 bits per heavy atom. The average molecular weight is 277 g/mol. The van der Waals surface area contributed by atoms with Crippen molar-refractivity contribution < 1.29 is 9.60 Å². The number of hydrogen-bond acceptors (Lipinski definition) is 1. The molecule has 1 nitrogen and oxygen atoms in total. The van der Waals surface area contributed by atoms with Crippen LogP contribution in [-0.4, -0.2) is 13.1 Å². The quantitative estimate of drug-likeness (QED) is 0.756. The first-order valence-electron chi connectivity index (χ1n) is 9.76. The van der Waals surface area contributed by atoms with E-state index in [-0.39, 0.29) is 5.19 Å². The summed E-state index contributed by atoms with van der Waals surface area (Å²) in [4.78, 5) is 4.37. The van der Waals surface area contributed by atoms with Crippen LogP contribution in [0, 0.1) is 0 Å².